The van der Waals surface area contributed by atoms with Crippen molar-refractivity contribution in [2.75, 3.05) is 20.8 Å². The van der Waals surface area contributed by atoms with Crippen LogP contribution in [0.5, 0.6) is 11.5 Å². The van der Waals surface area contributed by atoms with E-state index in [1.54, 1.807) is 14.2 Å². The summed E-state index contributed by atoms with van der Waals surface area (Å²) < 4.78 is 10.6. The number of terminal acetylenes is 1. The summed E-state index contributed by atoms with van der Waals surface area (Å²) in [4.78, 5) is 0. The summed E-state index contributed by atoms with van der Waals surface area (Å²) in [5.74, 6) is 4.21. The van der Waals surface area contributed by atoms with Gasteiger partial charge in [-0.3, -0.25) is 0 Å². The van der Waals surface area contributed by atoms with E-state index in [1.807, 2.05) is 12.1 Å². The molecule has 0 bridgehead atoms. The zero-order valence-corrected chi connectivity index (χ0v) is 12.7. The molecule has 1 atom stereocenters. The topological polar surface area (TPSA) is 30.5 Å². The summed E-state index contributed by atoms with van der Waals surface area (Å²) >= 11 is 0. The van der Waals surface area contributed by atoms with Gasteiger partial charge in [0.1, 0.15) is 0 Å². The first kappa shape index (κ1) is 16.4. The van der Waals surface area contributed by atoms with E-state index < -0.39 is 0 Å². The molecule has 1 aromatic carbocycles. The molecule has 0 spiro atoms. The van der Waals surface area contributed by atoms with Crippen molar-refractivity contribution < 1.29 is 9.47 Å². The number of unbranched alkanes of at least 4 members (excludes halogenated alkanes) is 2. The molecule has 110 valence electrons. The van der Waals surface area contributed by atoms with Crippen LogP contribution in [-0.4, -0.2) is 20.8 Å². The van der Waals surface area contributed by atoms with Crippen molar-refractivity contribution in [2.24, 2.45) is 0 Å². The third-order valence-electron chi connectivity index (χ3n) is 3.36. The third-order valence-corrected chi connectivity index (χ3v) is 3.36. The fourth-order valence-electron chi connectivity index (χ4n) is 2.20. The minimum absolute atomic E-state index is 0.334. The first-order valence-electron chi connectivity index (χ1n) is 7.15. The molecule has 0 amide bonds. The number of hydrogen-bond donors (Lipinski definition) is 1. The number of methoxy groups -OCH3 is 2. The average Bonchev–Trinajstić information content (AvgIpc) is 2.50. The number of benzene rings is 1. The Morgan fingerprint density at radius 3 is 2.55 bits per heavy atom. The van der Waals surface area contributed by atoms with E-state index in [2.05, 4.69) is 24.2 Å². The molecule has 1 N–H and O–H groups in total. The predicted octanol–water partition coefficient (Wildman–Crippen LogP) is 3.55. The fourth-order valence-corrected chi connectivity index (χ4v) is 2.20. The standard InChI is InChI=1S/C17H25NO2/c1-5-7-8-9-12-18-15(6-2)14-10-11-16(19-3)17(13-14)20-4/h1,10-11,13,15,18H,6-9,12H2,2-4H3. The second-order valence-corrected chi connectivity index (χ2v) is 4.69. The van der Waals surface area contributed by atoms with Gasteiger partial charge in [-0.1, -0.05) is 13.0 Å². The molecule has 1 rings (SSSR count). The fraction of sp³-hybridized carbons (Fsp3) is 0.529. The third kappa shape index (κ3) is 4.79. The monoisotopic (exact) mass is 275 g/mol. The Bertz CT molecular complexity index is 437. The molecule has 0 aliphatic heterocycles. The van der Waals surface area contributed by atoms with Crippen LogP contribution in [0.2, 0.25) is 0 Å². The van der Waals surface area contributed by atoms with Gasteiger partial charge in [0.15, 0.2) is 11.5 Å². The Balaban J connectivity index is 2.63. The minimum atomic E-state index is 0.334. The van der Waals surface area contributed by atoms with Crippen molar-refractivity contribution in [2.45, 2.75) is 38.6 Å². The number of rotatable bonds is 9. The van der Waals surface area contributed by atoms with Gasteiger partial charge in [0.25, 0.3) is 0 Å². The van der Waals surface area contributed by atoms with Crippen molar-refractivity contribution in [1.29, 1.82) is 0 Å². The molecule has 0 fully saturated rings. The van der Waals surface area contributed by atoms with Crippen LogP contribution >= 0.6 is 0 Å². The highest BCUT2D eigenvalue weighted by molar-refractivity contribution is 5.43. The lowest BCUT2D eigenvalue weighted by Gasteiger charge is -2.19. The molecule has 0 aliphatic rings. The van der Waals surface area contributed by atoms with E-state index in [-0.39, 0.29) is 0 Å². The van der Waals surface area contributed by atoms with Crippen LogP contribution in [0.4, 0.5) is 0 Å². The summed E-state index contributed by atoms with van der Waals surface area (Å²) in [5.41, 5.74) is 1.22. The lowest BCUT2D eigenvalue weighted by atomic mass is 10.0. The molecule has 0 heterocycles. The van der Waals surface area contributed by atoms with Crippen molar-refractivity contribution in [3.63, 3.8) is 0 Å². The normalized spacial score (nSPS) is 11.7. The zero-order chi connectivity index (χ0) is 14.8. The quantitative estimate of drug-likeness (QED) is 0.552. The average molecular weight is 275 g/mol. The Kier molecular flexibility index (Phi) is 7.60. The lowest BCUT2D eigenvalue weighted by molar-refractivity contribution is 0.353. The SMILES string of the molecule is C#CCCCCNC(CC)c1ccc(OC)c(OC)c1. The van der Waals surface area contributed by atoms with E-state index in [0.29, 0.717) is 6.04 Å². The molecule has 0 saturated carbocycles. The van der Waals surface area contributed by atoms with Crippen LogP contribution in [0.15, 0.2) is 18.2 Å². The molecule has 0 saturated heterocycles. The van der Waals surface area contributed by atoms with Crippen molar-refractivity contribution in [1.82, 2.24) is 5.32 Å². The number of ether oxygens (including phenoxy) is 2. The van der Waals surface area contributed by atoms with Crippen LogP contribution in [-0.2, 0) is 0 Å². The van der Waals surface area contributed by atoms with E-state index in [9.17, 15) is 0 Å². The van der Waals surface area contributed by atoms with Gasteiger partial charge in [0, 0.05) is 12.5 Å². The highest BCUT2D eigenvalue weighted by atomic mass is 16.5. The Labute approximate surface area is 122 Å². The van der Waals surface area contributed by atoms with E-state index >= 15 is 0 Å². The molecule has 20 heavy (non-hydrogen) atoms. The van der Waals surface area contributed by atoms with Gasteiger partial charge in [0.05, 0.1) is 14.2 Å². The molecule has 0 aromatic heterocycles. The first-order chi connectivity index (χ1) is 9.76. The first-order valence-corrected chi connectivity index (χ1v) is 7.15. The van der Waals surface area contributed by atoms with Crippen LogP contribution in [0.1, 0.15) is 44.2 Å². The van der Waals surface area contributed by atoms with E-state index in [1.165, 1.54) is 5.56 Å². The zero-order valence-electron chi connectivity index (χ0n) is 12.7. The molecule has 0 aliphatic carbocycles. The largest absolute Gasteiger partial charge is 0.493 e. The van der Waals surface area contributed by atoms with Crippen LogP contribution in [0.3, 0.4) is 0 Å². The van der Waals surface area contributed by atoms with Gasteiger partial charge < -0.3 is 14.8 Å². The molecule has 3 heteroatoms. The maximum Gasteiger partial charge on any atom is 0.161 e. The van der Waals surface area contributed by atoms with Gasteiger partial charge in [-0.05, 0) is 43.5 Å². The van der Waals surface area contributed by atoms with Gasteiger partial charge >= 0.3 is 0 Å². The minimum Gasteiger partial charge on any atom is -0.493 e. The smallest absolute Gasteiger partial charge is 0.161 e. The number of hydrogen-bond acceptors (Lipinski definition) is 3. The van der Waals surface area contributed by atoms with E-state index in [4.69, 9.17) is 15.9 Å². The summed E-state index contributed by atoms with van der Waals surface area (Å²) in [6.07, 6.45) is 9.32. The van der Waals surface area contributed by atoms with Gasteiger partial charge in [-0.15, -0.1) is 12.3 Å². The molecule has 1 aromatic rings. The Morgan fingerprint density at radius 2 is 1.95 bits per heavy atom. The maximum absolute atomic E-state index is 5.35. The summed E-state index contributed by atoms with van der Waals surface area (Å²) in [7, 11) is 3.31. The van der Waals surface area contributed by atoms with Gasteiger partial charge in [0.2, 0.25) is 0 Å². The Morgan fingerprint density at radius 1 is 1.20 bits per heavy atom. The second-order valence-electron chi connectivity index (χ2n) is 4.69. The molecule has 1 unspecified atom stereocenters. The van der Waals surface area contributed by atoms with Gasteiger partial charge in [-0.25, -0.2) is 0 Å². The highest BCUT2D eigenvalue weighted by Crippen LogP contribution is 2.30. The van der Waals surface area contributed by atoms with Crippen molar-refractivity contribution >= 4 is 0 Å². The molecule has 3 nitrogen and oxygen atoms in total. The summed E-state index contributed by atoms with van der Waals surface area (Å²) in [5, 5.41) is 3.57. The van der Waals surface area contributed by atoms with Crippen LogP contribution < -0.4 is 14.8 Å². The van der Waals surface area contributed by atoms with Crippen molar-refractivity contribution in [3.05, 3.63) is 23.8 Å². The van der Waals surface area contributed by atoms with Crippen LogP contribution in [0.25, 0.3) is 0 Å². The molecular weight excluding hydrogens is 250 g/mol. The summed E-state index contributed by atoms with van der Waals surface area (Å²) in [6, 6.07) is 6.42. The predicted molar refractivity (Wildman–Crippen MR) is 83.3 cm³/mol. The molecule has 0 radical (unpaired) electrons. The Hall–Kier alpha value is -1.66. The molecular formula is C17H25NO2. The number of nitrogens with one attached hydrogen (secondary N) is 1. The maximum atomic E-state index is 5.35. The summed E-state index contributed by atoms with van der Waals surface area (Å²) in [6.45, 7) is 3.16. The lowest BCUT2D eigenvalue weighted by Crippen LogP contribution is -2.21. The van der Waals surface area contributed by atoms with Gasteiger partial charge in [-0.2, -0.15) is 0 Å². The van der Waals surface area contributed by atoms with Crippen molar-refractivity contribution in [3.8, 4) is 23.8 Å². The highest BCUT2D eigenvalue weighted by Gasteiger charge is 2.12. The van der Waals surface area contributed by atoms with Crippen LogP contribution in [0, 0.1) is 12.3 Å². The second kappa shape index (κ2) is 9.28. The van der Waals surface area contributed by atoms with E-state index in [0.717, 1.165) is 43.7 Å².